The van der Waals surface area contributed by atoms with E-state index in [1.54, 1.807) is 50.4 Å². The molecule has 214 valence electrons. The molecular weight excluding hydrogens is 563 g/mol. The molecular formula is C30H25FN4O6S. The van der Waals surface area contributed by atoms with Crippen LogP contribution in [0, 0.1) is 19.8 Å². The van der Waals surface area contributed by atoms with Crippen LogP contribution in [0.5, 0.6) is 17.4 Å². The van der Waals surface area contributed by atoms with Crippen molar-refractivity contribution in [2.75, 3.05) is 14.2 Å². The number of methoxy groups -OCH3 is 2. The lowest BCUT2D eigenvalue weighted by atomic mass is 10.0. The molecule has 0 aliphatic carbocycles. The average molecular weight is 589 g/mol. The Kier molecular flexibility index (Phi) is 7.48. The summed E-state index contributed by atoms with van der Waals surface area (Å²) >= 11 is 0. The first-order chi connectivity index (χ1) is 20.1. The van der Waals surface area contributed by atoms with Gasteiger partial charge in [-0.3, -0.25) is 14.3 Å². The van der Waals surface area contributed by atoms with Crippen molar-refractivity contribution in [3.63, 3.8) is 0 Å². The minimum Gasteiger partial charge on any atom is -0.494 e. The van der Waals surface area contributed by atoms with E-state index in [4.69, 9.17) is 9.47 Å². The SMILES string of the molecule is COc1cccc(OC)c1-n1c(-c2cncc(C)c2)nc(O)c(S(=O)(=O)c2ccc(-c3ccnc(F)c3C)cc2)c1=O. The molecule has 5 rings (SSSR count). The van der Waals surface area contributed by atoms with Crippen molar-refractivity contribution in [3.05, 3.63) is 101 Å². The van der Waals surface area contributed by atoms with Gasteiger partial charge in [-0.25, -0.2) is 13.4 Å². The molecule has 1 N–H and O–H groups in total. The number of aromatic nitrogens is 4. The van der Waals surface area contributed by atoms with Gasteiger partial charge in [0.15, 0.2) is 10.7 Å². The molecule has 0 aliphatic heterocycles. The number of halogens is 1. The van der Waals surface area contributed by atoms with Crippen LogP contribution in [0.15, 0.2) is 87.8 Å². The zero-order chi connectivity index (χ0) is 30.2. The number of pyridine rings is 2. The first-order valence-corrected chi connectivity index (χ1v) is 14.0. The fourth-order valence-corrected chi connectivity index (χ4v) is 5.95. The molecule has 0 unspecified atom stereocenters. The van der Waals surface area contributed by atoms with Crippen molar-refractivity contribution >= 4 is 9.84 Å². The van der Waals surface area contributed by atoms with E-state index in [9.17, 15) is 22.7 Å². The second kappa shape index (κ2) is 11.1. The predicted octanol–water partition coefficient (Wildman–Crippen LogP) is 4.67. The highest BCUT2D eigenvalue weighted by Crippen LogP contribution is 2.36. The Balaban J connectivity index is 1.77. The maximum atomic E-state index is 14.2. The standard InChI is InChI=1S/C30H25FN4O6S/c1-17-14-20(16-32-15-17)28-34-29(36)26(30(37)35(28)25-23(40-3)6-5-7-24(25)41-4)42(38,39)21-10-8-19(9-11-21)22-12-13-33-27(31)18(22)2/h5-16,36H,1-4H3. The lowest BCUT2D eigenvalue weighted by Crippen LogP contribution is -2.28. The predicted molar refractivity (Wildman–Crippen MR) is 152 cm³/mol. The van der Waals surface area contributed by atoms with E-state index in [-0.39, 0.29) is 27.9 Å². The maximum absolute atomic E-state index is 14.2. The highest BCUT2D eigenvalue weighted by Gasteiger charge is 2.32. The summed E-state index contributed by atoms with van der Waals surface area (Å²) < 4.78 is 53.8. The Hall–Kier alpha value is -5.10. The zero-order valence-electron chi connectivity index (χ0n) is 23.0. The first-order valence-electron chi connectivity index (χ1n) is 12.5. The van der Waals surface area contributed by atoms with Gasteiger partial charge in [-0.15, -0.1) is 0 Å². The van der Waals surface area contributed by atoms with Gasteiger partial charge in [0.25, 0.3) is 5.56 Å². The fraction of sp³-hybridized carbons (Fsp3) is 0.133. The molecule has 2 aromatic carbocycles. The molecule has 42 heavy (non-hydrogen) atoms. The topological polar surface area (TPSA) is 134 Å². The molecule has 0 bridgehead atoms. The van der Waals surface area contributed by atoms with Crippen molar-refractivity contribution < 1.29 is 27.4 Å². The van der Waals surface area contributed by atoms with Gasteiger partial charge in [0, 0.05) is 29.7 Å². The van der Waals surface area contributed by atoms with Gasteiger partial charge in [-0.05, 0) is 66.9 Å². The van der Waals surface area contributed by atoms with Crippen molar-refractivity contribution in [1.29, 1.82) is 0 Å². The van der Waals surface area contributed by atoms with Gasteiger partial charge >= 0.3 is 0 Å². The molecule has 5 aromatic rings. The quantitative estimate of drug-likeness (QED) is 0.269. The molecule has 0 atom stereocenters. The van der Waals surface area contributed by atoms with Crippen LogP contribution in [-0.2, 0) is 9.84 Å². The summed E-state index contributed by atoms with van der Waals surface area (Å²) in [4.78, 5) is 24.9. The van der Waals surface area contributed by atoms with Gasteiger partial charge in [-0.2, -0.15) is 9.37 Å². The normalized spacial score (nSPS) is 11.4. The number of rotatable bonds is 7. The summed E-state index contributed by atoms with van der Waals surface area (Å²) in [6.45, 7) is 3.35. The van der Waals surface area contributed by atoms with Crippen molar-refractivity contribution in [2.45, 2.75) is 23.6 Å². The zero-order valence-corrected chi connectivity index (χ0v) is 23.8. The minimum atomic E-state index is -4.62. The first kappa shape index (κ1) is 28.4. The Morgan fingerprint density at radius 2 is 1.60 bits per heavy atom. The lowest BCUT2D eigenvalue weighted by Gasteiger charge is -2.19. The number of sulfone groups is 1. The van der Waals surface area contributed by atoms with Gasteiger partial charge in [0.2, 0.25) is 21.7 Å². The summed E-state index contributed by atoms with van der Waals surface area (Å²) in [5, 5.41) is 11.0. The third-order valence-corrected chi connectivity index (χ3v) is 8.46. The van der Waals surface area contributed by atoms with Crippen molar-refractivity contribution in [2.24, 2.45) is 0 Å². The van der Waals surface area contributed by atoms with Crippen molar-refractivity contribution in [1.82, 2.24) is 19.5 Å². The highest BCUT2D eigenvalue weighted by atomic mass is 32.2. The summed E-state index contributed by atoms with van der Waals surface area (Å²) in [7, 11) is -1.84. The van der Waals surface area contributed by atoms with E-state index in [0.717, 1.165) is 10.1 Å². The maximum Gasteiger partial charge on any atom is 0.281 e. The molecule has 12 heteroatoms. The third kappa shape index (κ3) is 4.85. The number of para-hydroxylation sites is 1. The van der Waals surface area contributed by atoms with Crippen LogP contribution < -0.4 is 15.0 Å². The second-order valence-electron chi connectivity index (χ2n) is 9.29. The van der Waals surface area contributed by atoms with Gasteiger partial charge < -0.3 is 14.6 Å². The molecule has 0 spiro atoms. The smallest absolute Gasteiger partial charge is 0.281 e. The van der Waals surface area contributed by atoms with Crippen LogP contribution in [0.3, 0.4) is 0 Å². The molecule has 10 nitrogen and oxygen atoms in total. The Labute approximate surface area is 240 Å². The van der Waals surface area contributed by atoms with Crippen LogP contribution in [0.1, 0.15) is 11.1 Å². The van der Waals surface area contributed by atoms with Gasteiger partial charge in [-0.1, -0.05) is 18.2 Å². The number of ether oxygens (including phenoxy) is 2. The molecule has 3 heterocycles. The van der Waals surface area contributed by atoms with E-state index < -0.39 is 32.1 Å². The molecule has 0 amide bonds. The largest absolute Gasteiger partial charge is 0.494 e. The van der Waals surface area contributed by atoms with Crippen LogP contribution >= 0.6 is 0 Å². The molecule has 0 radical (unpaired) electrons. The fourth-order valence-electron chi connectivity index (χ4n) is 4.61. The van der Waals surface area contributed by atoms with Crippen LogP contribution in [-0.4, -0.2) is 47.3 Å². The Morgan fingerprint density at radius 3 is 2.21 bits per heavy atom. The Morgan fingerprint density at radius 1 is 0.929 bits per heavy atom. The number of hydrogen-bond acceptors (Lipinski definition) is 9. The van der Waals surface area contributed by atoms with Crippen LogP contribution in [0.4, 0.5) is 4.39 Å². The molecule has 0 aliphatic rings. The minimum absolute atomic E-state index is 0.0819. The lowest BCUT2D eigenvalue weighted by molar-refractivity contribution is 0.388. The van der Waals surface area contributed by atoms with E-state index in [1.807, 2.05) is 0 Å². The van der Waals surface area contributed by atoms with Gasteiger partial charge in [0.1, 0.15) is 17.2 Å². The highest BCUT2D eigenvalue weighted by molar-refractivity contribution is 7.91. The summed E-state index contributed by atoms with van der Waals surface area (Å²) in [5.74, 6) is -1.33. The van der Waals surface area contributed by atoms with Crippen LogP contribution in [0.2, 0.25) is 0 Å². The number of aromatic hydroxyl groups is 1. The molecule has 0 saturated carbocycles. The number of hydrogen-bond donors (Lipinski definition) is 1. The monoisotopic (exact) mass is 588 g/mol. The van der Waals surface area contributed by atoms with E-state index in [0.29, 0.717) is 22.3 Å². The molecule has 0 saturated heterocycles. The van der Waals surface area contributed by atoms with Crippen LogP contribution in [0.25, 0.3) is 28.2 Å². The van der Waals surface area contributed by atoms with Gasteiger partial charge in [0.05, 0.1) is 19.1 Å². The Bertz CT molecular complexity index is 1970. The number of benzene rings is 2. The van der Waals surface area contributed by atoms with E-state index in [1.165, 1.54) is 50.9 Å². The summed E-state index contributed by atoms with van der Waals surface area (Å²) in [5.41, 5.74) is 1.43. The number of aryl methyl sites for hydroxylation is 1. The van der Waals surface area contributed by atoms with Crippen molar-refractivity contribution in [3.8, 4) is 45.6 Å². The second-order valence-corrected chi connectivity index (χ2v) is 11.2. The summed E-state index contributed by atoms with van der Waals surface area (Å²) in [6, 6.07) is 13.6. The third-order valence-electron chi connectivity index (χ3n) is 6.67. The van der Waals surface area contributed by atoms with E-state index in [2.05, 4.69) is 15.0 Å². The summed E-state index contributed by atoms with van der Waals surface area (Å²) in [6.07, 6.45) is 4.34. The van der Waals surface area contributed by atoms with E-state index >= 15 is 0 Å². The average Bonchev–Trinajstić information content (AvgIpc) is 2.98. The molecule has 0 fully saturated rings. The number of nitrogens with zero attached hydrogens (tertiary/aromatic N) is 4. The molecule has 3 aromatic heterocycles.